The van der Waals surface area contributed by atoms with E-state index < -0.39 is 9.84 Å². The summed E-state index contributed by atoms with van der Waals surface area (Å²) in [5, 5.41) is 0. The first kappa shape index (κ1) is 6.29. The lowest BCUT2D eigenvalue weighted by Gasteiger charge is -1.85. The second kappa shape index (κ2) is 1.84. The highest BCUT2D eigenvalue weighted by Crippen LogP contribution is 2.15. The molecule has 0 atom stereocenters. The molecule has 0 aliphatic carbocycles. The third-order valence-corrected chi connectivity index (χ3v) is 3.32. The molecule has 0 saturated heterocycles. The quantitative estimate of drug-likeness (QED) is 0.572. The van der Waals surface area contributed by atoms with Gasteiger partial charge in [-0.1, -0.05) is 22.0 Å². The zero-order valence-electron chi connectivity index (χ0n) is 4.09. The second-order valence-corrected chi connectivity index (χ2v) is 4.83. The van der Waals surface area contributed by atoms with Gasteiger partial charge in [-0.05, 0) is 0 Å². The van der Waals surface area contributed by atoms with Crippen molar-refractivity contribution in [2.45, 2.75) is 0 Å². The highest BCUT2D eigenvalue weighted by atomic mass is 79.9. The molecule has 0 amide bonds. The Morgan fingerprint density at radius 3 is 2.38 bits per heavy atom. The highest BCUT2D eigenvalue weighted by molar-refractivity contribution is 9.11. The van der Waals surface area contributed by atoms with E-state index in [4.69, 9.17) is 0 Å². The summed E-state index contributed by atoms with van der Waals surface area (Å²) < 4.78 is 21.9. The van der Waals surface area contributed by atoms with E-state index >= 15 is 0 Å². The van der Waals surface area contributed by atoms with Crippen molar-refractivity contribution in [3.05, 3.63) is 10.6 Å². The molecule has 46 valence electrons. The average Bonchev–Trinajstić information content (AvgIpc) is 1.82. The number of sulfone groups is 1. The van der Waals surface area contributed by atoms with Crippen molar-refractivity contribution in [3.63, 3.8) is 0 Å². The summed E-state index contributed by atoms with van der Waals surface area (Å²) in [6.07, 6.45) is 1.68. The lowest BCUT2D eigenvalue weighted by Crippen LogP contribution is -2.00. The molecule has 4 heteroatoms. The van der Waals surface area contributed by atoms with Crippen LogP contribution in [0.25, 0.3) is 0 Å². The van der Waals surface area contributed by atoms with Crippen LogP contribution in [0.4, 0.5) is 0 Å². The van der Waals surface area contributed by atoms with Gasteiger partial charge in [0.1, 0.15) is 0 Å². The van der Waals surface area contributed by atoms with E-state index in [0.717, 1.165) is 4.48 Å². The molecule has 0 bridgehead atoms. The Kier molecular flexibility index (Phi) is 1.45. The molecule has 0 radical (unpaired) electrons. The number of rotatable bonds is 0. The van der Waals surface area contributed by atoms with Crippen LogP contribution in [-0.4, -0.2) is 19.9 Å². The molecule has 0 aromatic rings. The Hall–Kier alpha value is 0.170. The van der Waals surface area contributed by atoms with Crippen LogP contribution in [0.5, 0.6) is 0 Å². The minimum Gasteiger partial charge on any atom is -0.228 e. The van der Waals surface area contributed by atoms with E-state index in [0.29, 0.717) is 0 Å². The smallest absolute Gasteiger partial charge is 0.158 e. The van der Waals surface area contributed by atoms with Gasteiger partial charge < -0.3 is 0 Å². The van der Waals surface area contributed by atoms with Gasteiger partial charge in [0.25, 0.3) is 0 Å². The van der Waals surface area contributed by atoms with Gasteiger partial charge in [-0.2, -0.15) is 0 Å². The number of hydrogen-bond donors (Lipinski definition) is 0. The molecule has 0 N–H and O–H groups in total. The number of halogens is 1. The van der Waals surface area contributed by atoms with Crippen molar-refractivity contribution in [1.29, 1.82) is 0 Å². The molecule has 2 nitrogen and oxygen atoms in total. The van der Waals surface area contributed by atoms with Gasteiger partial charge in [0.15, 0.2) is 9.84 Å². The van der Waals surface area contributed by atoms with Crippen LogP contribution in [0.1, 0.15) is 0 Å². The van der Waals surface area contributed by atoms with Crippen molar-refractivity contribution < 1.29 is 8.42 Å². The number of hydrogen-bond acceptors (Lipinski definition) is 2. The Bertz CT molecular complexity index is 214. The van der Waals surface area contributed by atoms with Gasteiger partial charge in [0.2, 0.25) is 0 Å². The van der Waals surface area contributed by atoms with E-state index in [2.05, 4.69) is 15.9 Å². The minimum atomic E-state index is -2.73. The first-order valence-corrected chi connectivity index (χ1v) is 4.76. The lowest BCUT2D eigenvalue weighted by molar-refractivity contribution is 0.603. The SMILES string of the molecule is O=S1(=O)CC=C(Br)C1. The molecule has 1 aliphatic heterocycles. The largest absolute Gasteiger partial charge is 0.228 e. The molecule has 8 heavy (non-hydrogen) atoms. The Morgan fingerprint density at radius 2 is 2.25 bits per heavy atom. The molecular weight excluding hydrogens is 192 g/mol. The molecular formula is C4H5BrO2S. The predicted octanol–water partition coefficient (Wildman–Crippen LogP) is 0.694. The van der Waals surface area contributed by atoms with Gasteiger partial charge in [0.05, 0.1) is 11.5 Å². The van der Waals surface area contributed by atoms with E-state index in [9.17, 15) is 8.42 Å². The fourth-order valence-electron chi connectivity index (χ4n) is 0.545. The normalized spacial score (nSPS) is 25.4. The molecule has 0 fully saturated rings. The summed E-state index contributed by atoms with van der Waals surface area (Å²) in [6.45, 7) is 0. The van der Waals surface area contributed by atoms with Crippen LogP contribution in [-0.2, 0) is 9.84 Å². The zero-order chi connectivity index (χ0) is 6.20. The van der Waals surface area contributed by atoms with Crippen molar-refractivity contribution >= 4 is 25.8 Å². The molecule has 0 unspecified atom stereocenters. The maximum absolute atomic E-state index is 10.6. The van der Waals surface area contributed by atoms with Crippen molar-refractivity contribution in [2.75, 3.05) is 11.5 Å². The molecule has 0 aromatic heterocycles. The third kappa shape index (κ3) is 1.32. The molecule has 0 spiro atoms. The van der Waals surface area contributed by atoms with E-state index in [-0.39, 0.29) is 11.5 Å². The summed E-state index contributed by atoms with van der Waals surface area (Å²) in [6, 6.07) is 0. The van der Waals surface area contributed by atoms with E-state index in [1.807, 2.05) is 0 Å². The first-order chi connectivity index (χ1) is 3.60. The minimum absolute atomic E-state index is 0.188. The maximum Gasteiger partial charge on any atom is 0.158 e. The summed E-state index contributed by atoms with van der Waals surface area (Å²) in [5.41, 5.74) is 0. The van der Waals surface area contributed by atoms with Crippen molar-refractivity contribution in [3.8, 4) is 0 Å². The molecule has 0 aromatic carbocycles. The van der Waals surface area contributed by atoms with Gasteiger partial charge in [-0.25, -0.2) is 8.42 Å². The van der Waals surface area contributed by atoms with Gasteiger partial charge >= 0.3 is 0 Å². The van der Waals surface area contributed by atoms with Crippen LogP contribution >= 0.6 is 15.9 Å². The standard InChI is InChI=1S/C4H5BrO2S/c5-4-1-2-8(6,7)3-4/h1H,2-3H2. The molecule has 0 saturated carbocycles. The molecule has 1 heterocycles. The summed E-state index contributed by atoms with van der Waals surface area (Å²) in [7, 11) is -2.73. The Morgan fingerprint density at radius 1 is 1.62 bits per heavy atom. The Labute approximate surface area is 56.6 Å². The van der Waals surface area contributed by atoms with Crippen LogP contribution in [0.15, 0.2) is 10.6 Å². The van der Waals surface area contributed by atoms with Crippen molar-refractivity contribution in [1.82, 2.24) is 0 Å². The van der Waals surface area contributed by atoms with E-state index in [1.165, 1.54) is 0 Å². The van der Waals surface area contributed by atoms with Crippen LogP contribution in [0.2, 0.25) is 0 Å². The Balaban J connectivity index is 2.85. The monoisotopic (exact) mass is 196 g/mol. The summed E-state index contributed by atoms with van der Waals surface area (Å²) >= 11 is 3.10. The first-order valence-electron chi connectivity index (χ1n) is 2.15. The topological polar surface area (TPSA) is 34.1 Å². The summed E-state index contributed by atoms with van der Waals surface area (Å²) in [4.78, 5) is 0. The predicted molar refractivity (Wildman–Crippen MR) is 35.7 cm³/mol. The zero-order valence-corrected chi connectivity index (χ0v) is 6.50. The fraction of sp³-hybridized carbons (Fsp3) is 0.500. The van der Waals surface area contributed by atoms with Gasteiger partial charge in [-0.3, -0.25) is 0 Å². The van der Waals surface area contributed by atoms with Crippen LogP contribution in [0, 0.1) is 0 Å². The van der Waals surface area contributed by atoms with Crippen LogP contribution in [0.3, 0.4) is 0 Å². The summed E-state index contributed by atoms with van der Waals surface area (Å²) in [5.74, 6) is 0.389. The lowest BCUT2D eigenvalue weighted by atomic mass is 10.6. The van der Waals surface area contributed by atoms with Crippen LogP contribution < -0.4 is 0 Å². The van der Waals surface area contributed by atoms with Gasteiger partial charge in [-0.15, -0.1) is 0 Å². The van der Waals surface area contributed by atoms with E-state index in [1.54, 1.807) is 6.08 Å². The van der Waals surface area contributed by atoms with Crippen molar-refractivity contribution in [2.24, 2.45) is 0 Å². The third-order valence-electron chi connectivity index (χ3n) is 0.917. The van der Waals surface area contributed by atoms with Gasteiger partial charge in [0, 0.05) is 4.48 Å². The maximum atomic E-state index is 10.6. The average molecular weight is 197 g/mol. The second-order valence-electron chi connectivity index (χ2n) is 1.71. The molecule has 1 rings (SSSR count). The highest BCUT2D eigenvalue weighted by Gasteiger charge is 2.16. The fourth-order valence-corrected chi connectivity index (χ4v) is 3.08. The molecule has 1 aliphatic rings.